The smallest absolute Gasteiger partial charge is 0.251 e. The largest absolute Gasteiger partial charge is 0.477 e. The van der Waals surface area contributed by atoms with Gasteiger partial charge in [0.15, 0.2) is 0 Å². The van der Waals surface area contributed by atoms with Crippen LogP contribution in [0, 0.1) is 0 Å². The lowest BCUT2D eigenvalue weighted by molar-refractivity contribution is 0.0950. The molecule has 0 fully saturated rings. The summed E-state index contributed by atoms with van der Waals surface area (Å²) in [6, 6.07) is 9.32. The SMILES string of the molecule is C=CCNS(=O)(=O)c1ccc(C(=O)NCc2cccnc2OCCC)cc1. The molecule has 1 aromatic heterocycles. The third kappa shape index (κ3) is 5.90. The van der Waals surface area contributed by atoms with Crippen LogP contribution < -0.4 is 14.8 Å². The molecule has 2 aromatic rings. The van der Waals surface area contributed by atoms with Crippen LogP contribution in [-0.2, 0) is 16.6 Å². The second kappa shape index (κ2) is 9.84. The number of hydrogen-bond donors (Lipinski definition) is 2. The molecule has 144 valence electrons. The lowest BCUT2D eigenvalue weighted by Crippen LogP contribution is -2.25. The Morgan fingerprint density at radius 2 is 2.00 bits per heavy atom. The van der Waals surface area contributed by atoms with E-state index in [-0.39, 0.29) is 23.9 Å². The van der Waals surface area contributed by atoms with E-state index >= 15 is 0 Å². The van der Waals surface area contributed by atoms with Crippen LogP contribution in [0.15, 0.2) is 60.1 Å². The highest BCUT2D eigenvalue weighted by molar-refractivity contribution is 7.89. The van der Waals surface area contributed by atoms with Crippen LogP contribution in [0.25, 0.3) is 0 Å². The van der Waals surface area contributed by atoms with Crippen molar-refractivity contribution in [3.05, 3.63) is 66.4 Å². The summed E-state index contributed by atoms with van der Waals surface area (Å²) < 4.78 is 32.0. The predicted octanol–water partition coefficient (Wildman–Crippen LogP) is 2.26. The highest BCUT2D eigenvalue weighted by atomic mass is 32.2. The predicted molar refractivity (Wildman–Crippen MR) is 103 cm³/mol. The number of rotatable bonds is 10. The molecule has 1 heterocycles. The van der Waals surface area contributed by atoms with E-state index in [9.17, 15) is 13.2 Å². The van der Waals surface area contributed by atoms with Crippen LogP contribution in [0.5, 0.6) is 5.88 Å². The van der Waals surface area contributed by atoms with Gasteiger partial charge < -0.3 is 10.1 Å². The van der Waals surface area contributed by atoms with E-state index in [0.717, 1.165) is 12.0 Å². The molecule has 0 bridgehead atoms. The van der Waals surface area contributed by atoms with Crippen molar-refractivity contribution in [2.24, 2.45) is 0 Å². The van der Waals surface area contributed by atoms with Crippen LogP contribution in [0.2, 0.25) is 0 Å². The summed E-state index contributed by atoms with van der Waals surface area (Å²) in [6.07, 6.45) is 3.95. The van der Waals surface area contributed by atoms with E-state index < -0.39 is 10.0 Å². The molecule has 0 radical (unpaired) electrons. The minimum Gasteiger partial charge on any atom is -0.477 e. The fraction of sp³-hybridized carbons (Fsp3) is 0.263. The van der Waals surface area contributed by atoms with Crippen molar-refractivity contribution in [3.8, 4) is 5.88 Å². The van der Waals surface area contributed by atoms with Crippen LogP contribution in [0.1, 0.15) is 29.3 Å². The fourth-order valence-corrected chi connectivity index (χ4v) is 3.20. The first-order chi connectivity index (χ1) is 13.0. The van der Waals surface area contributed by atoms with Gasteiger partial charge in [0.25, 0.3) is 5.91 Å². The van der Waals surface area contributed by atoms with Crippen molar-refractivity contribution in [3.63, 3.8) is 0 Å². The zero-order valence-corrected chi connectivity index (χ0v) is 16.0. The third-order valence-corrected chi connectivity index (χ3v) is 5.02. The van der Waals surface area contributed by atoms with Crippen LogP contribution in [0.4, 0.5) is 0 Å². The van der Waals surface area contributed by atoms with Gasteiger partial charge in [-0.1, -0.05) is 19.1 Å². The number of amides is 1. The average Bonchev–Trinajstić information content (AvgIpc) is 2.69. The van der Waals surface area contributed by atoms with Gasteiger partial charge in [0.2, 0.25) is 15.9 Å². The van der Waals surface area contributed by atoms with Crippen molar-refractivity contribution in [1.82, 2.24) is 15.0 Å². The van der Waals surface area contributed by atoms with Crippen molar-refractivity contribution in [1.29, 1.82) is 0 Å². The molecule has 1 amide bonds. The molecule has 0 aliphatic rings. The minimum absolute atomic E-state index is 0.0865. The second-order valence-corrected chi connectivity index (χ2v) is 7.43. The molecule has 2 rings (SSSR count). The number of hydrogen-bond acceptors (Lipinski definition) is 5. The summed E-state index contributed by atoms with van der Waals surface area (Å²) in [5.74, 6) is 0.178. The number of ether oxygens (including phenoxy) is 1. The maximum Gasteiger partial charge on any atom is 0.251 e. The Balaban J connectivity index is 2.02. The van der Waals surface area contributed by atoms with E-state index in [1.807, 2.05) is 13.0 Å². The summed E-state index contributed by atoms with van der Waals surface area (Å²) in [5.41, 5.74) is 1.13. The molecule has 0 atom stereocenters. The minimum atomic E-state index is -3.61. The summed E-state index contributed by atoms with van der Waals surface area (Å²) >= 11 is 0. The summed E-state index contributed by atoms with van der Waals surface area (Å²) in [5, 5.41) is 2.79. The first-order valence-corrected chi connectivity index (χ1v) is 10.0. The Bertz CT molecular complexity index is 880. The molecular weight excluding hydrogens is 366 g/mol. The highest BCUT2D eigenvalue weighted by Gasteiger charge is 2.14. The van der Waals surface area contributed by atoms with Crippen LogP contribution in [0.3, 0.4) is 0 Å². The quantitative estimate of drug-likeness (QED) is 0.608. The van der Waals surface area contributed by atoms with Crippen molar-refractivity contribution in [2.75, 3.05) is 13.2 Å². The van der Waals surface area contributed by atoms with Gasteiger partial charge in [0.1, 0.15) is 0 Å². The highest BCUT2D eigenvalue weighted by Crippen LogP contribution is 2.15. The van der Waals surface area contributed by atoms with Crippen molar-refractivity contribution < 1.29 is 17.9 Å². The number of carbonyl (C=O) groups excluding carboxylic acids is 1. The zero-order valence-electron chi connectivity index (χ0n) is 15.1. The molecule has 0 saturated heterocycles. The summed E-state index contributed by atoms with van der Waals surface area (Å²) in [6.45, 7) is 6.41. The Morgan fingerprint density at radius 3 is 2.67 bits per heavy atom. The maximum absolute atomic E-state index is 12.3. The molecular formula is C19H23N3O4S. The van der Waals surface area contributed by atoms with E-state index in [1.165, 1.54) is 30.3 Å². The second-order valence-electron chi connectivity index (χ2n) is 5.66. The molecule has 7 nitrogen and oxygen atoms in total. The number of benzene rings is 1. The molecule has 0 aliphatic heterocycles. The zero-order chi connectivity index (χ0) is 19.7. The van der Waals surface area contributed by atoms with Gasteiger partial charge in [0, 0.05) is 30.4 Å². The van der Waals surface area contributed by atoms with Gasteiger partial charge in [-0.2, -0.15) is 0 Å². The number of carbonyl (C=O) groups is 1. The van der Waals surface area contributed by atoms with Gasteiger partial charge in [-0.15, -0.1) is 6.58 Å². The van der Waals surface area contributed by atoms with Crippen LogP contribution >= 0.6 is 0 Å². The van der Waals surface area contributed by atoms with E-state index in [1.54, 1.807) is 12.3 Å². The number of sulfonamides is 1. The van der Waals surface area contributed by atoms with Gasteiger partial charge in [-0.3, -0.25) is 4.79 Å². The van der Waals surface area contributed by atoms with Gasteiger partial charge in [-0.25, -0.2) is 18.1 Å². The fourth-order valence-electron chi connectivity index (χ4n) is 2.20. The topological polar surface area (TPSA) is 97.4 Å². The number of pyridine rings is 1. The van der Waals surface area contributed by atoms with Crippen LogP contribution in [-0.4, -0.2) is 32.5 Å². The number of nitrogens with zero attached hydrogens (tertiary/aromatic N) is 1. The van der Waals surface area contributed by atoms with E-state index in [2.05, 4.69) is 21.6 Å². The molecule has 0 spiro atoms. The Labute approximate surface area is 159 Å². The third-order valence-electron chi connectivity index (χ3n) is 3.58. The lowest BCUT2D eigenvalue weighted by Gasteiger charge is -2.11. The Morgan fingerprint density at radius 1 is 1.26 bits per heavy atom. The van der Waals surface area contributed by atoms with E-state index in [4.69, 9.17) is 4.74 Å². The normalized spacial score (nSPS) is 11.0. The van der Waals surface area contributed by atoms with Crippen molar-refractivity contribution in [2.45, 2.75) is 24.8 Å². The first-order valence-electron chi connectivity index (χ1n) is 8.53. The molecule has 1 aromatic carbocycles. The van der Waals surface area contributed by atoms with Crippen molar-refractivity contribution >= 4 is 15.9 Å². The van der Waals surface area contributed by atoms with Gasteiger partial charge in [-0.05, 0) is 36.8 Å². The van der Waals surface area contributed by atoms with E-state index in [0.29, 0.717) is 18.1 Å². The molecule has 27 heavy (non-hydrogen) atoms. The summed E-state index contributed by atoms with van der Waals surface area (Å²) in [7, 11) is -3.61. The Hall–Kier alpha value is -2.71. The average molecular weight is 389 g/mol. The Kier molecular flexibility index (Phi) is 7.51. The van der Waals surface area contributed by atoms with Gasteiger partial charge >= 0.3 is 0 Å². The summed E-state index contributed by atoms with van der Waals surface area (Å²) in [4.78, 5) is 16.6. The first kappa shape index (κ1) is 20.6. The molecule has 8 heteroatoms. The maximum atomic E-state index is 12.3. The monoisotopic (exact) mass is 389 g/mol. The van der Waals surface area contributed by atoms with Gasteiger partial charge in [0.05, 0.1) is 11.5 Å². The number of aromatic nitrogens is 1. The lowest BCUT2D eigenvalue weighted by atomic mass is 10.2. The standard InChI is InChI=1S/C19H23N3O4S/c1-3-11-22-27(24,25)17-9-7-15(8-10-17)18(23)21-14-16-6-5-12-20-19(16)26-13-4-2/h3,5-10,12,22H,1,4,11,13-14H2,2H3,(H,21,23). The molecule has 0 aliphatic carbocycles. The molecule has 0 saturated carbocycles. The number of nitrogens with one attached hydrogen (secondary N) is 2. The molecule has 0 unspecified atom stereocenters. The molecule has 2 N–H and O–H groups in total.